The number of amides is 2. The van der Waals surface area contributed by atoms with Gasteiger partial charge in [-0.2, -0.15) is 0 Å². The van der Waals surface area contributed by atoms with Gasteiger partial charge in [-0.3, -0.25) is 0 Å². The van der Waals surface area contributed by atoms with Crippen LogP contribution in [0.3, 0.4) is 0 Å². The second kappa shape index (κ2) is 9.53. The van der Waals surface area contributed by atoms with Gasteiger partial charge >= 0.3 is 6.03 Å². The fraction of sp³-hybridized carbons (Fsp3) is 0.550. The molecule has 1 aromatic rings. The van der Waals surface area contributed by atoms with Gasteiger partial charge in [0.2, 0.25) is 0 Å². The number of anilines is 1. The van der Waals surface area contributed by atoms with Crippen LogP contribution in [0.1, 0.15) is 32.6 Å². The Labute approximate surface area is 181 Å². The Bertz CT molecular complexity index is 930. The van der Waals surface area contributed by atoms with Crippen molar-refractivity contribution in [3.05, 3.63) is 28.8 Å². The number of piperidine rings is 1. The van der Waals surface area contributed by atoms with Crippen LogP contribution in [0, 0.1) is 0 Å². The van der Waals surface area contributed by atoms with Crippen molar-refractivity contribution in [1.29, 1.82) is 0 Å². The number of hydrogen-bond acceptors (Lipinski definition) is 5. The fourth-order valence-corrected chi connectivity index (χ4v) is 6.36. The molecule has 0 unspecified atom stereocenters. The van der Waals surface area contributed by atoms with Crippen molar-refractivity contribution < 1.29 is 22.7 Å². The minimum atomic E-state index is -3.93. The van der Waals surface area contributed by atoms with E-state index in [0.717, 1.165) is 18.4 Å². The normalized spacial score (nSPS) is 20.8. The maximum absolute atomic E-state index is 13.2. The predicted octanol–water partition coefficient (Wildman–Crippen LogP) is 3.48. The van der Waals surface area contributed by atoms with Gasteiger partial charge in [-0.25, -0.2) is 17.6 Å². The van der Waals surface area contributed by atoms with Gasteiger partial charge in [-0.1, -0.05) is 23.3 Å². The molecule has 0 radical (unpaired) electrons. The summed E-state index contributed by atoms with van der Waals surface area (Å²) < 4.78 is 38.9. The van der Waals surface area contributed by atoms with Gasteiger partial charge in [0.05, 0.1) is 22.0 Å². The summed E-state index contributed by atoms with van der Waals surface area (Å²) >= 11 is 6.14. The van der Waals surface area contributed by atoms with Crippen molar-refractivity contribution in [3.63, 3.8) is 0 Å². The molecule has 30 heavy (non-hydrogen) atoms. The van der Waals surface area contributed by atoms with Crippen molar-refractivity contribution in [2.45, 2.75) is 48.8 Å². The van der Waals surface area contributed by atoms with E-state index < -0.39 is 33.5 Å². The molecule has 7 nitrogen and oxygen atoms in total. The molecule has 0 spiro atoms. The summed E-state index contributed by atoms with van der Waals surface area (Å²) in [6.07, 6.45) is 4.38. The Morgan fingerprint density at radius 2 is 2.00 bits per heavy atom. The van der Waals surface area contributed by atoms with Gasteiger partial charge < -0.3 is 20.6 Å². The first kappa shape index (κ1) is 22.8. The molecule has 0 bridgehead atoms. The number of nitrogens with one attached hydrogen (secondary N) is 2. The summed E-state index contributed by atoms with van der Waals surface area (Å²) in [5.74, 6) is -0.567. The van der Waals surface area contributed by atoms with Crippen LogP contribution in [-0.4, -0.2) is 62.1 Å². The van der Waals surface area contributed by atoms with Crippen molar-refractivity contribution in [2.24, 2.45) is 0 Å². The predicted molar refractivity (Wildman–Crippen MR) is 115 cm³/mol. The van der Waals surface area contributed by atoms with Crippen LogP contribution in [0.4, 0.5) is 14.9 Å². The number of urea groups is 1. The number of phenols is 1. The maximum Gasteiger partial charge on any atom is 0.319 e. The van der Waals surface area contributed by atoms with Gasteiger partial charge in [0, 0.05) is 6.54 Å². The summed E-state index contributed by atoms with van der Waals surface area (Å²) in [6, 6.07) is 2.10. The van der Waals surface area contributed by atoms with E-state index >= 15 is 0 Å². The molecule has 166 valence electrons. The summed E-state index contributed by atoms with van der Waals surface area (Å²) in [4.78, 5) is 13.8. The quantitative estimate of drug-likeness (QED) is 0.447. The van der Waals surface area contributed by atoms with Crippen LogP contribution in [0.25, 0.3) is 0 Å². The molecule has 10 heteroatoms. The van der Waals surface area contributed by atoms with Crippen molar-refractivity contribution in [1.82, 2.24) is 10.2 Å². The van der Waals surface area contributed by atoms with E-state index in [4.69, 9.17) is 11.6 Å². The van der Waals surface area contributed by atoms with Gasteiger partial charge in [0.15, 0.2) is 15.6 Å². The summed E-state index contributed by atoms with van der Waals surface area (Å²) in [5.41, 5.74) is 1.04. The zero-order chi connectivity index (χ0) is 21.9. The number of carbonyl (C=O) groups is 1. The molecule has 3 rings (SSSR count). The van der Waals surface area contributed by atoms with Crippen LogP contribution >= 0.6 is 11.6 Å². The highest BCUT2D eigenvalue weighted by molar-refractivity contribution is 7.92. The van der Waals surface area contributed by atoms with Crippen LogP contribution in [0.2, 0.25) is 5.02 Å². The average Bonchev–Trinajstić information content (AvgIpc) is 3.09. The number of hydrogen-bond donors (Lipinski definition) is 3. The molecule has 1 aromatic carbocycles. The van der Waals surface area contributed by atoms with Gasteiger partial charge in [-0.05, 0) is 57.8 Å². The molecule has 0 aromatic heterocycles. The van der Waals surface area contributed by atoms with Crippen LogP contribution in [0.15, 0.2) is 28.7 Å². The van der Waals surface area contributed by atoms with Crippen molar-refractivity contribution >= 4 is 33.2 Å². The van der Waals surface area contributed by atoms with E-state index in [-0.39, 0.29) is 28.2 Å². The molecule has 1 saturated heterocycles. The van der Waals surface area contributed by atoms with Crippen molar-refractivity contribution in [3.8, 4) is 5.75 Å². The summed E-state index contributed by atoms with van der Waals surface area (Å²) in [5, 5.41) is 15.2. The number of alkyl halides is 1. The van der Waals surface area contributed by atoms with E-state index in [2.05, 4.69) is 10.6 Å². The molecular weight excluding hydrogens is 433 g/mol. The van der Waals surface area contributed by atoms with Crippen LogP contribution in [-0.2, 0) is 9.84 Å². The molecule has 1 atom stereocenters. The zero-order valence-corrected chi connectivity index (χ0v) is 18.4. The molecule has 3 N–H and O–H groups in total. The van der Waals surface area contributed by atoms with E-state index in [1.54, 1.807) is 0 Å². The smallest absolute Gasteiger partial charge is 0.319 e. The third-order valence-electron chi connectivity index (χ3n) is 5.77. The average molecular weight is 460 g/mol. The number of likely N-dealkylation sites (tertiary alicyclic amines) is 1. The highest BCUT2D eigenvalue weighted by Gasteiger charge is 2.35. The minimum absolute atomic E-state index is 0.0232. The topological polar surface area (TPSA) is 98.7 Å². The van der Waals surface area contributed by atoms with E-state index in [0.29, 0.717) is 25.9 Å². The van der Waals surface area contributed by atoms with Crippen LogP contribution < -0.4 is 10.6 Å². The second-order valence-corrected chi connectivity index (χ2v) is 10.3. The highest BCUT2D eigenvalue weighted by Crippen LogP contribution is 2.40. The standard InChI is InChI=1S/C20H27ClFN3O4S/c1-13-3-2-4-16(13)23-20(27)24-17-6-5-15(21)19(18(17)26)30(28,29)14-7-10-25(11-8-14)12-9-22/h3,5-6,14,16,26H,2,4,7-12H2,1H3,(H2,23,24,27)/t16-/m1/s1. The molecule has 1 aliphatic carbocycles. The van der Waals surface area contributed by atoms with Gasteiger partial charge in [0.1, 0.15) is 11.6 Å². The molecule has 2 amide bonds. The van der Waals surface area contributed by atoms with Gasteiger partial charge in [-0.15, -0.1) is 0 Å². The number of nitrogens with zero attached hydrogens (tertiary/aromatic N) is 1. The fourth-order valence-electron chi connectivity index (χ4n) is 4.00. The number of halogens is 2. The zero-order valence-electron chi connectivity index (χ0n) is 16.8. The second-order valence-electron chi connectivity index (χ2n) is 7.72. The SMILES string of the molecule is CC1=CCC[C@H]1NC(=O)Nc1ccc(Cl)c(S(=O)(=O)C2CCN(CCF)CC2)c1O. The molecule has 1 heterocycles. The maximum atomic E-state index is 13.2. The van der Waals surface area contributed by atoms with E-state index in [9.17, 15) is 22.7 Å². The molecule has 0 saturated carbocycles. The third kappa shape index (κ3) is 4.90. The Morgan fingerprint density at radius 1 is 1.30 bits per heavy atom. The number of benzene rings is 1. The number of allylic oxidation sites excluding steroid dienone is 1. The minimum Gasteiger partial charge on any atom is -0.504 e. The summed E-state index contributed by atoms with van der Waals surface area (Å²) in [7, 11) is -3.93. The van der Waals surface area contributed by atoms with Crippen molar-refractivity contribution in [2.75, 3.05) is 31.6 Å². The molecular formula is C20H27ClFN3O4S. The highest BCUT2D eigenvalue weighted by atomic mass is 35.5. The van der Waals surface area contributed by atoms with E-state index in [1.807, 2.05) is 17.9 Å². The van der Waals surface area contributed by atoms with E-state index in [1.165, 1.54) is 12.1 Å². The number of carbonyl (C=O) groups excluding carboxylic acids is 1. The lowest BCUT2D eigenvalue weighted by Gasteiger charge is -2.31. The molecule has 2 aliphatic rings. The number of aromatic hydroxyl groups is 1. The number of rotatable bonds is 6. The monoisotopic (exact) mass is 459 g/mol. The largest absolute Gasteiger partial charge is 0.504 e. The first-order valence-corrected chi connectivity index (χ1v) is 11.9. The summed E-state index contributed by atoms with van der Waals surface area (Å²) in [6.45, 7) is 2.65. The lowest BCUT2D eigenvalue weighted by atomic mass is 10.1. The number of phenolic OH excluding ortho intramolecular Hbond substituents is 1. The Hall–Kier alpha value is -1.84. The first-order chi connectivity index (χ1) is 14.2. The Kier molecular flexibility index (Phi) is 7.26. The lowest BCUT2D eigenvalue weighted by Crippen LogP contribution is -2.40. The Balaban J connectivity index is 1.77. The van der Waals surface area contributed by atoms with Crippen LogP contribution in [0.5, 0.6) is 5.75 Å². The Morgan fingerprint density at radius 3 is 2.60 bits per heavy atom. The molecule has 1 aliphatic heterocycles. The van der Waals surface area contributed by atoms with Gasteiger partial charge in [0.25, 0.3) is 0 Å². The third-order valence-corrected chi connectivity index (χ3v) is 8.53. The lowest BCUT2D eigenvalue weighted by molar-refractivity contribution is 0.212. The first-order valence-electron chi connectivity index (χ1n) is 10.0. The molecule has 1 fully saturated rings. The number of sulfone groups is 1.